The van der Waals surface area contributed by atoms with Crippen molar-refractivity contribution in [2.24, 2.45) is 0 Å². The van der Waals surface area contributed by atoms with Crippen molar-refractivity contribution in [1.29, 1.82) is 0 Å². The third kappa shape index (κ3) is 2.96. The van der Waals surface area contributed by atoms with Crippen molar-refractivity contribution in [2.75, 3.05) is 6.61 Å². The molecule has 0 spiro atoms. The number of hydrogen-bond acceptors (Lipinski definition) is 1. The van der Waals surface area contributed by atoms with Crippen LogP contribution in [0.2, 0.25) is 0 Å². The molecule has 1 aromatic carbocycles. The Hall–Kier alpha value is -0.603. The van der Waals surface area contributed by atoms with Crippen LogP contribution in [0.25, 0.3) is 0 Å². The Morgan fingerprint density at radius 2 is 1.71 bits per heavy atom. The normalized spacial score (nSPS) is 11.4. The van der Waals surface area contributed by atoms with Crippen LogP contribution in [0, 0.1) is 20.8 Å². The molecular formula is C12H20OSi. The average molecular weight is 208 g/mol. The zero-order valence-electron chi connectivity index (χ0n) is 9.68. The molecule has 78 valence electrons. The zero-order chi connectivity index (χ0) is 10.6. The third-order valence-corrected chi connectivity index (χ3v) is 4.33. The first-order valence-corrected chi connectivity index (χ1v) is 6.58. The molecule has 0 heterocycles. The largest absolute Gasteiger partial charge is 0.419 e. The minimum atomic E-state index is -0.496. The summed E-state index contributed by atoms with van der Waals surface area (Å²) in [6.07, 6.45) is 1.12. The molecule has 1 nitrogen and oxygen atoms in total. The van der Waals surface area contributed by atoms with Gasteiger partial charge < -0.3 is 4.43 Å². The maximum Gasteiger partial charge on any atom is 0.192 e. The van der Waals surface area contributed by atoms with E-state index >= 15 is 0 Å². The van der Waals surface area contributed by atoms with Crippen molar-refractivity contribution in [3.8, 4) is 0 Å². The molecule has 0 amide bonds. The van der Waals surface area contributed by atoms with Gasteiger partial charge in [-0.15, -0.1) is 0 Å². The van der Waals surface area contributed by atoms with Crippen LogP contribution in [0.1, 0.15) is 30.0 Å². The Bertz CT molecular complexity index is 284. The molecule has 1 aromatic rings. The second kappa shape index (κ2) is 5.32. The SMILES string of the molecule is CCCO[SiH2]c1c(C)cc(C)cc1C. The highest BCUT2D eigenvalue weighted by Gasteiger charge is 2.04. The van der Waals surface area contributed by atoms with Crippen LogP contribution in [-0.4, -0.2) is 16.4 Å². The first-order valence-electron chi connectivity index (χ1n) is 5.29. The van der Waals surface area contributed by atoms with Gasteiger partial charge in [0.25, 0.3) is 0 Å². The van der Waals surface area contributed by atoms with E-state index in [0.29, 0.717) is 0 Å². The highest BCUT2D eigenvalue weighted by Crippen LogP contribution is 2.05. The smallest absolute Gasteiger partial charge is 0.192 e. The van der Waals surface area contributed by atoms with Gasteiger partial charge in [0, 0.05) is 6.61 Å². The Balaban J connectivity index is 2.75. The van der Waals surface area contributed by atoms with Gasteiger partial charge in [0.1, 0.15) is 0 Å². The number of aryl methyl sites for hydroxylation is 3. The molecule has 0 radical (unpaired) electrons. The van der Waals surface area contributed by atoms with E-state index in [4.69, 9.17) is 4.43 Å². The monoisotopic (exact) mass is 208 g/mol. The molecule has 0 atom stereocenters. The molecule has 0 aliphatic carbocycles. The van der Waals surface area contributed by atoms with Crippen LogP contribution in [0.3, 0.4) is 0 Å². The maximum absolute atomic E-state index is 5.71. The fourth-order valence-corrected chi connectivity index (χ4v) is 3.05. The Kier molecular flexibility index (Phi) is 4.36. The molecule has 0 fully saturated rings. The van der Waals surface area contributed by atoms with Gasteiger partial charge in [0.05, 0.1) is 0 Å². The highest BCUT2D eigenvalue weighted by atomic mass is 28.2. The molecular weight excluding hydrogens is 188 g/mol. The lowest BCUT2D eigenvalue weighted by molar-refractivity contribution is 0.341. The summed E-state index contributed by atoms with van der Waals surface area (Å²) in [5.41, 5.74) is 4.17. The number of hydrogen-bond donors (Lipinski definition) is 0. The van der Waals surface area contributed by atoms with Crippen LogP contribution in [0.5, 0.6) is 0 Å². The molecule has 0 saturated heterocycles. The van der Waals surface area contributed by atoms with E-state index in [1.165, 1.54) is 21.9 Å². The fourth-order valence-electron chi connectivity index (χ4n) is 1.76. The predicted molar refractivity (Wildman–Crippen MR) is 65.1 cm³/mol. The van der Waals surface area contributed by atoms with Gasteiger partial charge in [-0.1, -0.05) is 24.6 Å². The summed E-state index contributed by atoms with van der Waals surface area (Å²) in [5, 5.41) is 1.49. The van der Waals surface area contributed by atoms with E-state index in [1.807, 2.05) is 0 Å². The van der Waals surface area contributed by atoms with Gasteiger partial charge in [-0.2, -0.15) is 0 Å². The summed E-state index contributed by atoms with van der Waals surface area (Å²) in [6.45, 7) is 9.61. The van der Waals surface area contributed by atoms with E-state index in [1.54, 1.807) is 0 Å². The number of rotatable bonds is 4. The molecule has 1 rings (SSSR count). The Morgan fingerprint density at radius 3 is 2.21 bits per heavy atom. The van der Waals surface area contributed by atoms with E-state index < -0.39 is 9.76 Å². The van der Waals surface area contributed by atoms with Crippen molar-refractivity contribution in [1.82, 2.24) is 0 Å². The summed E-state index contributed by atoms with van der Waals surface area (Å²) in [6, 6.07) is 4.51. The quantitative estimate of drug-likeness (QED) is 0.541. The lowest BCUT2D eigenvalue weighted by atomic mass is 10.1. The van der Waals surface area contributed by atoms with E-state index in [-0.39, 0.29) is 0 Å². The lowest BCUT2D eigenvalue weighted by Gasteiger charge is -2.10. The summed E-state index contributed by atoms with van der Waals surface area (Å²) in [4.78, 5) is 0. The number of benzene rings is 1. The van der Waals surface area contributed by atoms with E-state index in [0.717, 1.165) is 13.0 Å². The second-order valence-corrected chi connectivity index (χ2v) is 5.33. The molecule has 0 bridgehead atoms. The minimum Gasteiger partial charge on any atom is -0.419 e. The molecule has 0 aromatic heterocycles. The summed E-state index contributed by atoms with van der Waals surface area (Å²) < 4.78 is 5.71. The van der Waals surface area contributed by atoms with Crippen LogP contribution in [0.4, 0.5) is 0 Å². The van der Waals surface area contributed by atoms with Crippen molar-refractivity contribution in [2.45, 2.75) is 34.1 Å². The molecule has 14 heavy (non-hydrogen) atoms. The van der Waals surface area contributed by atoms with Crippen molar-refractivity contribution < 1.29 is 4.43 Å². The van der Waals surface area contributed by atoms with Gasteiger partial charge in [-0.05, 0) is 43.5 Å². The van der Waals surface area contributed by atoms with Crippen molar-refractivity contribution in [3.05, 3.63) is 28.8 Å². The minimum absolute atomic E-state index is 0.496. The lowest BCUT2D eigenvalue weighted by Crippen LogP contribution is -2.24. The van der Waals surface area contributed by atoms with Crippen molar-refractivity contribution in [3.63, 3.8) is 0 Å². The first-order chi connectivity index (χ1) is 6.65. The molecule has 2 heteroatoms. The van der Waals surface area contributed by atoms with Crippen LogP contribution in [-0.2, 0) is 4.43 Å². The van der Waals surface area contributed by atoms with E-state index in [2.05, 4.69) is 39.8 Å². The first kappa shape index (κ1) is 11.5. The van der Waals surface area contributed by atoms with Crippen LogP contribution in [0.15, 0.2) is 12.1 Å². The van der Waals surface area contributed by atoms with Crippen LogP contribution >= 0.6 is 0 Å². The highest BCUT2D eigenvalue weighted by molar-refractivity contribution is 6.48. The van der Waals surface area contributed by atoms with Gasteiger partial charge in [-0.3, -0.25) is 0 Å². The molecule has 0 aliphatic heterocycles. The topological polar surface area (TPSA) is 9.23 Å². The average Bonchev–Trinajstić information content (AvgIpc) is 2.09. The standard InChI is InChI=1S/C12H20OSi/c1-5-6-13-14-12-10(3)7-9(2)8-11(12)4/h7-8H,5-6,14H2,1-4H3. The van der Waals surface area contributed by atoms with Crippen molar-refractivity contribution >= 4 is 14.9 Å². The zero-order valence-corrected chi connectivity index (χ0v) is 11.1. The molecule has 0 unspecified atom stereocenters. The maximum atomic E-state index is 5.71. The molecule has 0 N–H and O–H groups in total. The summed E-state index contributed by atoms with van der Waals surface area (Å²) in [5.74, 6) is 0. The van der Waals surface area contributed by atoms with E-state index in [9.17, 15) is 0 Å². The van der Waals surface area contributed by atoms with Gasteiger partial charge in [-0.25, -0.2) is 0 Å². The Labute approximate surface area is 89.4 Å². The predicted octanol–water partition coefficient (Wildman–Crippen LogP) is 1.75. The third-order valence-electron chi connectivity index (χ3n) is 2.44. The van der Waals surface area contributed by atoms with Crippen LogP contribution < -0.4 is 5.19 Å². The second-order valence-electron chi connectivity index (χ2n) is 3.93. The Morgan fingerprint density at radius 1 is 1.14 bits per heavy atom. The van der Waals surface area contributed by atoms with Gasteiger partial charge >= 0.3 is 0 Å². The molecule has 0 aliphatic rings. The van der Waals surface area contributed by atoms with Gasteiger partial charge in [0.2, 0.25) is 0 Å². The fraction of sp³-hybridized carbons (Fsp3) is 0.500. The summed E-state index contributed by atoms with van der Waals surface area (Å²) in [7, 11) is -0.496. The molecule has 0 saturated carbocycles. The summed E-state index contributed by atoms with van der Waals surface area (Å²) >= 11 is 0. The van der Waals surface area contributed by atoms with Gasteiger partial charge in [0.15, 0.2) is 9.76 Å².